The molecule has 1 rings (SSSR count). The third kappa shape index (κ3) is 4.31. The Morgan fingerprint density at radius 3 is 2.11 bits per heavy atom. The number of carbonyl (C=O) groups is 2. The molecule has 4 nitrogen and oxygen atoms in total. The second kappa shape index (κ2) is 6.21. The molecule has 1 fully saturated rings. The molecule has 18 heavy (non-hydrogen) atoms. The predicted molar refractivity (Wildman–Crippen MR) is 70.2 cm³/mol. The maximum absolute atomic E-state index is 12.0. The van der Waals surface area contributed by atoms with Crippen molar-refractivity contribution < 1.29 is 14.7 Å². The number of hydrogen-bond donors (Lipinski definition) is 2. The van der Waals surface area contributed by atoms with Crippen LogP contribution in [-0.2, 0) is 9.59 Å². The summed E-state index contributed by atoms with van der Waals surface area (Å²) in [6.07, 6.45) is 3.69. The molecule has 0 aromatic rings. The van der Waals surface area contributed by atoms with Gasteiger partial charge in [-0.05, 0) is 37.5 Å². The summed E-state index contributed by atoms with van der Waals surface area (Å²) in [5, 5.41) is 11.9. The molecule has 0 atom stereocenters. The molecule has 0 aliphatic heterocycles. The van der Waals surface area contributed by atoms with Gasteiger partial charge < -0.3 is 10.4 Å². The van der Waals surface area contributed by atoms with E-state index in [1.165, 1.54) is 0 Å². The van der Waals surface area contributed by atoms with Gasteiger partial charge in [-0.15, -0.1) is 0 Å². The van der Waals surface area contributed by atoms with Gasteiger partial charge in [-0.3, -0.25) is 9.59 Å². The van der Waals surface area contributed by atoms with Crippen molar-refractivity contribution >= 4 is 11.9 Å². The lowest BCUT2D eigenvalue weighted by atomic mass is 9.81. The number of rotatable bonds is 5. The second-order valence-corrected chi connectivity index (χ2v) is 6.12. The smallest absolute Gasteiger partial charge is 0.306 e. The molecule has 0 radical (unpaired) electrons. The Balaban J connectivity index is 2.34. The van der Waals surface area contributed by atoms with Crippen molar-refractivity contribution in [3.63, 3.8) is 0 Å². The largest absolute Gasteiger partial charge is 0.481 e. The molecule has 0 spiro atoms. The van der Waals surface area contributed by atoms with Gasteiger partial charge in [0.1, 0.15) is 0 Å². The molecule has 104 valence electrons. The van der Waals surface area contributed by atoms with Crippen LogP contribution in [0, 0.1) is 17.3 Å². The number of carboxylic acid groups (broad SMARTS) is 1. The first-order valence-electron chi connectivity index (χ1n) is 6.86. The Labute approximate surface area is 109 Å². The van der Waals surface area contributed by atoms with E-state index in [1.54, 1.807) is 0 Å². The van der Waals surface area contributed by atoms with E-state index < -0.39 is 5.97 Å². The number of hydrogen-bond acceptors (Lipinski definition) is 2. The number of carboxylic acids is 1. The molecule has 0 aromatic carbocycles. The molecule has 4 heteroatoms. The van der Waals surface area contributed by atoms with Crippen LogP contribution in [0.2, 0.25) is 0 Å². The van der Waals surface area contributed by atoms with E-state index in [-0.39, 0.29) is 23.2 Å². The lowest BCUT2D eigenvalue weighted by Crippen LogP contribution is -2.39. The van der Waals surface area contributed by atoms with Crippen LogP contribution < -0.4 is 5.32 Å². The summed E-state index contributed by atoms with van der Waals surface area (Å²) in [6.45, 7) is 7.08. The minimum Gasteiger partial charge on any atom is -0.481 e. The quantitative estimate of drug-likeness (QED) is 0.793. The van der Waals surface area contributed by atoms with Gasteiger partial charge in [0.05, 0.1) is 5.92 Å². The average Bonchev–Trinajstić information content (AvgIpc) is 2.36. The molecule has 0 saturated heterocycles. The SMILES string of the molecule is CCC(C)(C)CNC(=O)C1CCC(C(=O)O)CC1. The molecule has 1 aliphatic rings. The standard InChI is InChI=1S/C14H25NO3/c1-4-14(2,3)9-15-12(16)10-5-7-11(8-6-10)13(17)18/h10-11H,4-9H2,1-3H3,(H,15,16)(H,17,18). The Kier molecular flexibility index (Phi) is 5.17. The van der Waals surface area contributed by atoms with E-state index in [4.69, 9.17) is 5.11 Å². The number of aliphatic carboxylic acids is 1. The molecule has 0 bridgehead atoms. The number of carbonyl (C=O) groups excluding carboxylic acids is 1. The maximum atomic E-state index is 12.0. The lowest BCUT2D eigenvalue weighted by molar-refractivity contribution is -0.144. The summed E-state index contributed by atoms with van der Waals surface area (Å²) in [4.78, 5) is 22.8. The van der Waals surface area contributed by atoms with Crippen LogP contribution in [0.15, 0.2) is 0 Å². The first kappa shape index (κ1) is 15.0. The summed E-state index contributed by atoms with van der Waals surface area (Å²) in [6, 6.07) is 0. The minimum atomic E-state index is -0.721. The zero-order valence-corrected chi connectivity index (χ0v) is 11.7. The Bertz CT molecular complexity index is 304. The van der Waals surface area contributed by atoms with Crippen molar-refractivity contribution in [1.82, 2.24) is 5.32 Å². The lowest BCUT2D eigenvalue weighted by Gasteiger charge is -2.28. The zero-order chi connectivity index (χ0) is 13.8. The molecule has 1 amide bonds. The highest BCUT2D eigenvalue weighted by molar-refractivity contribution is 5.79. The normalized spacial score (nSPS) is 24.6. The fraction of sp³-hybridized carbons (Fsp3) is 0.857. The van der Waals surface area contributed by atoms with Crippen LogP contribution in [0.5, 0.6) is 0 Å². The topological polar surface area (TPSA) is 66.4 Å². The summed E-state index contributed by atoms with van der Waals surface area (Å²) >= 11 is 0. The van der Waals surface area contributed by atoms with Crippen molar-refractivity contribution in [2.45, 2.75) is 52.9 Å². The van der Waals surface area contributed by atoms with E-state index in [0.717, 1.165) is 6.42 Å². The molecule has 2 N–H and O–H groups in total. The fourth-order valence-electron chi connectivity index (χ4n) is 2.20. The van der Waals surface area contributed by atoms with Gasteiger partial charge in [-0.2, -0.15) is 0 Å². The first-order chi connectivity index (χ1) is 8.35. The van der Waals surface area contributed by atoms with Crippen molar-refractivity contribution in [3.8, 4) is 0 Å². The Morgan fingerprint density at radius 1 is 1.17 bits per heavy atom. The second-order valence-electron chi connectivity index (χ2n) is 6.12. The Hall–Kier alpha value is -1.06. The highest BCUT2D eigenvalue weighted by Gasteiger charge is 2.30. The van der Waals surface area contributed by atoms with Gasteiger partial charge in [0, 0.05) is 12.5 Å². The van der Waals surface area contributed by atoms with Crippen LogP contribution in [0.25, 0.3) is 0 Å². The molecule has 0 aromatic heterocycles. The van der Waals surface area contributed by atoms with Crippen molar-refractivity contribution in [2.75, 3.05) is 6.54 Å². The zero-order valence-electron chi connectivity index (χ0n) is 11.7. The molecule has 0 unspecified atom stereocenters. The molecular weight excluding hydrogens is 230 g/mol. The fourth-order valence-corrected chi connectivity index (χ4v) is 2.20. The summed E-state index contributed by atoms with van der Waals surface area (Å²) in [5.74, 6) is -0.865. The van der Waals surface area contributed by atoms with Gasteiger partial charge in [-0.1, -0.05) is 20.8 Å². The van der Waals surface area contributed by atoms with Crippen LogP contribution in [-0.4, -0.2) is 23.5 Å². The summed E-state index contributed by atoms with van der Waals surface area (Å²) in [7, 11) is 0. The van der Waals surface area contributed by atoms with Crippen LogP contribution >= 0.6 is 0 Å². The van der Waals surface area contributed by atoms with Gasteiger partial charge in [-0.25, -0.2) is 0 Å². The van der Waals surface area contributed by atoms with Gasteiger partial charge >= 0.3 is 5.97 Å². The Morgan fingerprint density at radius 2 is 1.67 bits per heavy atom. The van der Waals surface area contributed by atoms with E-state index in [0.29, 0.717) is 32.2 Å². The maximum Gasteiger partial charge on any atom is 0.306 e. The van der Waals surface area contributed by atoms with E-state index in [1.807, 2.05) is 0 Å². The first-order valence-corrected chi connectivity index (χ1v) is 6.86. The third-order valence-corrected chi connectivity index (χ3v) is 4.15. The average molecular weight is 255 g/mol. The molecular formula is C14H25NO3. The summed E-state index contributed by atoms with van der Waals surface area (Å²) < 4.78 is 0. The van der Waals surface area contributed by atoms with Crippen molar-refractivity contribution in [2.24, 2.45) is 17.3 Å². The van der Waals surface area contributed by atoms with Gasteiger partial charge in [0.2, 0.25) is 5.91 Å². The van der Waals surface area contributed by atoms with Gasteiger partial charge in [0.15, 0.2) is 0 Å². The molecule has 1 aliphatic carbocycles. The van der Waals surface area contributed by atoms with E-state index in [9.17, 15) is 9.59 Å². The van der Waals surface area contributed by atoms with Gasteiger partial charge in [0.25, 0.3) is 0 Å². The minimum absolute atomic E-state index is 0.00764. The van der Waals surface area contributed by atoms with E-state index >= 15 is 0 Å². The van der Waals surface area contributed by atoms with Crippen molar-refractivity contribution in [3.05, 3.63) is 0 Å². The predicted octanol–water partition coefficient (Wildman–Crippen LogP) is 2.43. The van der Waals surface area contributed by atoms with Crippen molar-refractivity contribution in [1.29, 1.82) is 0 Å². The van der Waals surface area contributed by atoms with E-state index in [2.05, 4.69) is 26.1 Å². The monoisotopic (exact) mass is 255 g/mol. The number of nitrogens with one attached hydrogen (secondary N) is 1. The van der Waals surface area contributed by atoms with Crippen LogP contribution in [0.1, 0.15) is 52.9 Å². The third-order valence-electron chi connectivity index (χ3n) is 4.15. The number of amides is 1. The highest BCUT2D eigenvalue weighted by atomic mass is 16.4. The summed E-state index contributed by atoms with van der Waals surface area (Å²) in [5.41, 5.74) is 0.133. The highest BCUT2D eigenvalue weighted by Crippen LogP contribution is 2.29. The van der Waals surface area contributed by atoms with Crippen LogP contribution in [0.3, 0.4) is 0 Å². The molecule has 0 heterocycles. The molecule has 1 saturated carbocycles. The van der Waals surface area contributed by atoms with Crippen LogP contribution in [0.4, 0.5) is 0 Å².